The second-order valence-electron chi connectivity index (χ2n) is 5.48. The highest BCUT2D eigenvalue weighted by atomic mass is 19.1. The lowest BCUT2D eigenvalue weighted by atomic mass is 9.99. The highest BCUT2D eigenvalue weighted by Crippen LogP contribution is 2.22. The summed E-state index contributed by atoms with van der Waals surface area (Å²) in [5, 5.41) is 5.25. The van der Waals surface area contributed by atoms with Crippen molar-refractivity contribution in [2.24, 2.45) is 0 Å². The van der Waals surface area contributed by atoms with Gasteiger partial charge in [-0.15, -0.1) is 0 Å². The van der Waals surface area contributed by atoms with Crippen LogP contribution in [-0.4, -0.2) is 6.03 Å². The van der Waals surface area contributed by atoms with Gasteiger partial charge in [0, 0.05) is 6.07 Å². The molecular weight excluding hydrogens is 322 g/mol. The van der Waals surface area contributed by atoms with E-state index in [9.17, 15) is 13.6 Å². The average Bonchev–Trinajstić information content (AvgIpc) is 2.63. The Morgan fingerprint density at radius 2 is 1.36 bits per heavy atom. The van der Waals surface area contributed by atoms with Crippen LogP contribution in [0.2, 0.25) is 0 Å². The van der Waals surface area contributed by atoms with Gasteiger partial charge in [0.15, 0.2) is 0 Å². The number of carbonyl (C=O) groups excluding carboxylic acids is 1. The maximum atomic E-state index is 13.7. The molecule has 0 saturated carbocycles. The number of benzene rings is 3. The van der Waals surface area contributed by atoms with Gasteiger partial charge in [-0.05, 0) is 23.3 Å². The number of anilines is 1. The first-order valence-corrected chi connectivity index (χ1v) is 7.76. The van der Waals surface area contributed by atoms with Crippen LogP contribution in [0.3, 0.4) is 0 Å². The first-order valence-electron chi connectivity index (χ1n) is 7.76. The van der Waals surface area contributed by atoms with Gasteiger partial charge < -0.3 is 10.6 Å². The van der Waals surface area contributed by atoms with Crippen LogP contribution in [0, 0.1) is 11.6 Å². The van der Waals surface area contributed by atoms with E-state index < -0.39 is 23.7 Å². The van der Waals surface area contributed by atoms with Crippen molar-refractivity contribution in [3.63, 3.8) is 0 Å². The molecule has 0 unspecified atom stereocenters. The van der Waals surface area contributed by atoms with E-state index in [-0.39, 0.29) is 5.69 Å². The van der Waals surface area contributed by atoms with Crippen LogP contribution < -0.4 is 10.6 Å². The van der Waals surface area contributed by atoms with Crippen LogP contribution in [0.1, 0.15) is 17.2 Å². The third kappa shape index (κ3) is 4.20. The summed E-state index contributed by atoms with van der Waals surface area (Å²) in [6.45, 7) is 0. The van der Waals surface area contributed by atoms with E-state index in [2.05, 4.69) is 10.6 Å². The zero-order valence-electron chi connectivity index (χ0n) is 13.2. The smallest absolute Gasteiger partial charge is 0.320 e. The van der Waals surface area contributed by atoms with E-state index in [4.69, 9.17) is 0 Å². The Balaban J connectivity index is 1.82. The molecule has 3 nitrogen and oxygen atoms in total. The molecule has 3 rings (SSSR count). The Bertz CT molecular complexity index is 815. The van der Waals surface area contributed by atoms with Crippen molar-refractivity contribution in [3.8, 4) is 0 Å². The van der Waals surface area contributed by atoms with Gasteiger partial charge in [0.25, 0.3) is 0 Å². The van der Waals surface area contributed by atoms with Crippen molar-refractivity contribution < 1.29 is 13.6 Å². The normalized spacial score (nSPS) is 10.5. The quantitative estimate of drug-likeness (QED) is 0.700. The molecule has 0 aliphatic carbocycles. The number of nitrogens with one attached hydrogen (secondary N) is 2. The molecule has 0 spiro atoms. The predicted molar refractivity (Wildman–Crippen MR) is 93.2 cm³/mol. The standard InChI is InChI=1S/C20H16F2N2O/c21-16-11-12-18(17(22)13-16)23-20(25)24-19(14-7-3-1-4-8-14)15-9-5-2-6-10-15/h1-13,19H,(H2,23,24,25). The maximum absolute atomic E-state index is 13.7. The van der Waals surface area contributed by atoms with E-state index in [1.54, 1.807) is 0 Å². The highest BCUT2D eigenvalue weighted by Gasteiger charge is 2.17. The molecule has 0 bridgehead atoms. The highest BCUT2D eigenvalue weighted by molar-refractivity contribution is 5.89. The molecule has 2 amide bonds. The molecule has 5 heteroatoms. The molecule has 2 N–H and O–H groups in total. The molecule has 0 atom stereocenters. The lowest BCUT2D eigenvalue weighted by Crippen LogP contribution is -2.33. The van der Waals surface area contributed by atoms with Crippen molar-refractivity contribution in [1.29, 1.82) is 0 Å². The van der Waals surface area contributed by atoms with Gasteiger partial charge in [-0.3, -0.25) is 0 Å². The van der Waals surface area contributed by atoms with Crippen LogP contribution in [0.15, 0.2) is 78.9 Å². The summed E-state index contributed by atoms with van der Waals surface area (Å²) < 4.78 is 26.7. The van der Waals surface area contributed by atoms with Crippen LogP contribution in [0.5, 0.6) is 0 Å². The average molecular weight is 338 g/mol. The Hall–Kier alpha value is -3.21. The van der Waals surface area contributed by atoms with Crippen molar-refractivity contribution in [2.75, 3.05) is 5.32 Å². The summed E-state index contributed by atoms with van der Waals surface area (Å²) in [7, 11) is 0. The monoisotopic (exact) mass is 338 g/mol. The molecule has 0 aromatic heterocycles. The molecule has 0 radical (unpaired) electrons. The van der Waals surface area contributed by atoms with Crippen molar-refractivity contribution in [2.45, 2.75) is 6.04 Å². The van der Waals surface area contributed by atoms with E-state index in [0.29, 0.717) is 0 Å². The van der Waals surface area contributed by atoms with Gasteiger partial charge in [0.2, 0.25) is 0 Å². The molecule has 0 fully saturated rings. The van der Waals surface area contributed by atoms with Gasteiger partial charge in [0.1, 0.15) is 11.6 Å². The zero-order chi connectivity index (χ0) is 17.6. The second-order valence-corrected chi connectivity index (χ2v) is 5.48. The van der Waals surface area contributed by atoms with Gasteiger partial charge in [-0.25, -0.2) is 13.6 Å². The summed E-state index contributed by atoms with van der Waals surface area (Å²) >= 11 is 0. The van der Waals surface area contributed by atoms with Gasteiger partial charge in [-0.2, -0.15) is 0 Å². The number of hydrogen-bond donors (Lipinski definition) is 2. The fraction of sp³-hybridized carbons (Fsp3) is 0.0500. The largest absolute Gasteiger partial charge is 0.327 e. The summed E-state index contributed by atoms with van der Waals surface area (Å²) in [4.78, 5) is 12.3. The summed E-state index contributed by atoms with van der Waals surface area (Å²) in [6.07, 6.45) is 0. The minimum Gasteiger partial charge on any atom is -0.327 e. The van der Waals surface area contributed by atoms with Crippen LogP contribution >= 0.6 is 0 Å². The Kier molecular flexibility index (Phi) is 5.04. The Morgan fingerprint density at radius 1 is 0.800 bits per heavy atom. The summed E-state index contributed by atoms with van der Waals surface area (Å²) in [5.74, 6) is -1.53. The number of rotatable bonds is 4. The zero-order valence-corrected chi connectivity index (χ0v) is 13.2. The van der Waals surface area contributed by atoms with Crippen LogP contribution in [0.4, 0.5) is 19.3 Å². The van der Waals surface area contributed by atoms with E-state index in [1.165, 1.54) is 6.07 Å². The van der Waals surface area contributed by atoms with Crippen molar-refractivity contribution in [3.05, 3.63) is 102 Å². The lowest BCUT2D eigenvalue weighted by molar-refractivity contribution is 0.250. The fourth-order valence-electron chi connectivity index (χ4n) is 2.53. The Labute approximate surface area is 144 Å². The predicted octanol–water partition coefficient (Wildman–Crippen LogP) is 4.88. The number of halogens is 2. The number of amides is 2. The Morgan fingerprint density at radius 3 is 1.88 bits per heavy atom. The number of carbonyl (C=O) groups is 1. The molecule has 3 aromatic carbocycles. The second kappa shape index (κ2) is 7.57. The topological polar surface area (TPSA) is 41.1 Å². The van der Waals surface area contributed by atoms with E-state index in [1.807, 2.05) is 60.7 Å². The van der Waals surface area contributed by atoms with Crippen molar-refractivity contribution >= 4 is 11.7 Å². The van der Waals surface area contributed by atoms with Gasteiger partial charge >= 0.3 is 6.03 Å². The molecular formula is C20H16F2N2O. The molecule has 0 aliphatic heterocycles. The summed E-state index contributed by atoms with van der Waals surface area (Å²) in [6, 6.07) is 20.9. The minimum atomic E-state index is -0.828. The van der Waals surface area contributed by atoms with E-state index >= 15 is 0 Å². The van der Waals surface area contributed by atoms with Crippen LogP contribution in [-0.2, 0) is 0 Å². The summed E-state index contributed by atoms with van der Waals surface area (Å²) in [5.41, 5.74) is 1.70. The minimum absolute atomic E-state index is 0.0845. The first kappa shape index (κ1) is 16.6. The van der Waals surface area contributed by atoms with Crippen molar-refractivity contribution in [1.82, 2.24) is 5.32 Å². The van der Waals surface area contributed by atoms with E-state index in [0.717, 1.165) is 23.3 Å². The third-order valence-electron chi connectivity index (χ3n) is 3.72. The lowest BCUT2D eigenvalue weighted by Gasteiger charge is -2.20. The van der Waals surface area contributed by atoms with Gasteiger partial charge in [-0.1, -0.05) is 60.7 Å². The molecule has 3 aromatic rings. The molecule has 0 saturated heterocycles. The number of urea groups is 1. The first-order chi connectivity index (χ1) is 12.1. The molecule has 0 heterocycles. The SMILES string of the molecule is O=C(Nc1ccc(F)cc1F)NC(c1ccccc1)c1ccccc1. The van der Waals surface area contributed by atoms with Crippen LogP contribution in [0.25, 0.3) is 0 Å². The number of hydrogen-bond acceptors (Lipinski definition) is 1. The third-order valence-corrected chi connectivity index (χ3v) is 3.72. The molecule has 0 aliphatic rings. The van der Waals surface area contributed by atoms with Gasteiger partial charge in [0.05, 0.1) is 11.7 Å². The molecule has 25 heavy (non-hydrogen) atoms. The fourth-order valence-corrected chi connectivity index (χ4v) is 2.53. The molecule has 126 valence electrons. The maximum Gasteiger partial charge on any atom is 0.320 e.